The van der Waals surface area contributed by atoms with Crippen LogP contribution in [0.2, 0.25) is 0 Å². The minimum atomic E-state index is -0.459. The van der Waals surface area contributed by atoms with E-state index < -0.39 is 5.97 Å². The van der Waals surface area contributed by atoms with Crippen molar-refractivity contribution in [3.63, 3.8) is 0 Å². The number of hydrogen-bond donors (Lipinski definition) is 0. The van der Waals surface area contributed by atoms with Crippen LogP contribution in [0, 0.1) is 6.92 Å². The predicted octanol–water partition coefficient (Wildman–Crippen LogP) is 4.17. The van der Waals surface area contributed by atoms with Crippen LogP contribution in [-0.4, -0.2) is 18.5 Å². The van der Waals surface area contributed by atoms with E-state index in [2.05, 4.69) is 0 Å². The van der Waals surface area contributed by atoms with Crippen LogP contribution in [0.25, 0.3) is 0 Å². The van der Waals surface area contributed by atoms with E-state index in [1.54, 1.807) is 36.4 Å². The molecule has 0 aliphatic rings. The third-order valence-corrected chi connectivity index (χ3v) is 3.32. The molecule has 4 heteroatoms. The Morgan fingerprint density at radius 2 is 1.43 bits per heavy atom. The zero-order valence-corrected chi connectivity index (χ0v) is 13.4. The normalized spacial score (nSPS) is 10.2. The summed E-state index contributed by atoms with van der Waals surface area (Å²) in [4.78, 5) is 23.8. The van der Waals surface area contributed by atoms with Gasteiger partial charge in [-0.15, -0.1) is 0 Å². The number of ether oxygens (including phenoxy) is 2. The van der Waals surface area contributed by atoms with Crippen LogP contribution in [0.15, 0.2) is 48.5 Å². The highest BCUT2D eigenvalue weighted by atomic mass is 16.5. The molecule has 4 nitrogen and oxygen atoms in total. The molecule has 2 aromatic rings. The summed E-state index contributed by atoms with van der Waals surface area (Å²) in [6, 6.07) is 13.5. The lowest BCUT2D eigenvalue weighted by molar-refractivity contribution is 0.0499. The lowest BCUT2D eigenvalue weighted by Gasteiger charge is -2.06. The van der Waals surface area contributed by atoms with Crippen molar-refractivity contribution in [2.45, 2.75) is 26.7 Å². The highest BCUT2D eigenvalue weighted by molar-refractivity contribution is 5.94. The minimum absolute atomic E-state index is 0.378. The fraction of sp³-hybridized carbons (Fsp3) is 0.263. The van der Waals surface area contributed by atoms with E-state index in [1.165, 1.54) is 0 Å². The highest BCUT2D eigenvalue weighted by Gasteiger charge is 2.11. The van der Waals surface area contributed by atoms with Crippen LogP contribution in [-0.2, 0) is 4.74 Å². The smallest absolute Gasteiger partial charge is 0.343 e. The third kappa shape index (κ3) is 4.95. The summed E-state index contributed by atoms with van der Waals surface area (Å²) in [5.74, 6) is -0.347. The van der Waals surface area contributed by atoms with Crippen LogP contribution in [0.1, 0.15) is 46.0 Å². The fourth-order valence-electron chi connectivity index (χ4n) is 1.91. The molecule has 0 saturated carbocycles. The summed E-state index contributed by atoms with van der Waals surface area (Å²) >= 11 is 0. The summed E-state index contributed by atoms with van der Waals surface area (Å²) in [6.07, 6.45) is 1.81. The van der Waals surface area contributed by atoms with Gasteiger partial charge in [-0.05, 0) is 49.7 Å². The number of unbranched alkanes of at least 4 members (excludes halogenated alkanes) is 1. The Kier molecular flexibility index (Phi) is 5.92. The fourth-order valence-corrected chi connectivity index (χ4v) is 1.91. The molecule has 0 heterocycles. The molecule has 23 heavy (non-hydrogen) atoms. The molecule has 0 N–H and O–H groups in total. The van der Waals surface area contributed by atoms with Crippen molar-refractivity contribution in [2.24, 2.45) is 0 Å². The van der Waals surface area contributed by atoms with E-state index in [9.17, 15) is 9.59 Å². The first-order chi connectivity index (χ1) is 11.1. The molecule has 0 atom stereocenters. The second-order valence-electron chi connectivity index (χ2n) is 5.27. The van der Waals surface area contributed by atoms with Gasteiger partial charge < -0.3 is 9.47 Å². The molecule has 0 radical (unpaired) electrons. The Bertz CT molecular complexity index is 657. The van der Waals surface area contributed by atoms with E-state index in [-0.39, 0.29) is 5.97 Å². The van der Waals surface area contributed by atoms with E-state index in [1.807, 2.05) is 26.0 Å². The van der Waals surface area contributed by atoms with Crippen molar-refractivity contribution in [2.75, 3.05) is 6.61 Å². The van der Waals surface area contributed by atoms with Crippen molar-refractivity contribution < 1.29 is 19.1 Å². The molecule has 0 bridgehead atoms. The monoisotopic (exact) mass is 312 g/mol. The summed E-state index contributed by atoms with van der Waals surface area (Å²) < 4.78 is 10.4. The number of hydrogen-bond acceptors (Lipinski definition) is 4. The van der Waals surface area contributed by atoms with Crippen LogP contribution in [0.4, 0.5) is 0 Å². The molecule has 0 fully saturated rings. The molecule has 2 rings (SSSR count). The number of esters is 2. The lowest BCUT2D eigenvalue weighted by atomic mass is 10.1. The highest BCUT2D eigenvalue weighted by Crippen LogP contribution is 2.14. The van der Waals surface area contributed by atoms with Gasteiger partial charge in [0.15, 0.2) is 0 Å². The Labute approximate surface area is 136 Å². The zero-order chi connectivity index (χ0) is 16.7. The quantitative estimate of drug-likeness (QED) is 0.456. The van der Waals surface area contributed by atoms with E-state index in [0.717, 1.165) is 18.4 Å². The van der Waals surface area contributed by atoms with Crippen LogP contribution >= 0.6 is 0 Å². The number of carbonyl (C=O) groups is 2. The van der Waals surface area contributed by atoms with Gasteiger partial charge in [0.25, 0.3) is 0 Å². The van der Waals surface area contributed by atoms with Gasteiger partial charge in [-0.3, -0.25) is 0 Å². The standard InChI is InChI=1S/C19H20O4/c1-3-4-13-22-18(20)15-7-9-16(10-8-15)19(21)23-17-11-5-14(2)6-12-17/h5-12H,3-4,13H2,1-2H3. The summed E-state index contributed by atoms with van der Waals surface area (Å²) in [5, 5.41) is 0. The molecule has 0 aliphatic heterocycles. The second kappa shape index (κ2) is 8.13. The van der Waals surface area contributed by atoms with Crippen LogP contribution < -0.4 is 4.74 Å². The molecule has 0 spiro atoms. The van der Waals surface area contributed by atoms with Gasteiger partial charge in [-0.2, -0.15) is 0 Å². The average molecular weight is 312 g/mol. The molecule has 2 aromatic carbocycles. The Morgan fingerprint density at radius 1 is 0.870 bits per heavy atom. The van der Waals surface area contributed by atoms with E-state index >= 15 is 0 Å². The van der Waals surface area contributed by atoms with Crippen LogP contribution in [0.3, 0.4) is 0 Å². The van der Waals surface area contributed by atoms with Crippen molar-refractivity contribution >= 4 is 11.9 Å². The topological polar surface area (TPSA) is 52.6 Å². The van der Waals surface area contributed by atoms with Gasteiger partial charge in [-0.25, -0.2) is 9.59 Å². The van der Waals surface area contributed by atoms with Gasteiger partial charge in [0.1, 0.15) is 5.75 Å². The first kappa shape index (κ1) is 16.7. The maximum atomic E-state index is 12.1. The van der Waals surface area contributed by atoms with Gasteiger partial charge in [0.2, 0.25) is 0 Å². The lowest BCUT2D eigenvalue weighted by Crippen LogP contribution is -2.10. The number of aryl methyl sites for hydroxylation is 1. The molecule has 0 amide bonds. The summed E-state index contributed by atoms with van der Waals surface area (Å²) in [5.41, 5.74) is 1.90. The average Bonchev–Trinajstić information content (AvgIpc) is 2.57. The first-order valence-corrected chi connectivity index (χ1v) is 7.66. The SMILES string of the molecule is CCCCOC(=O)c1ccc(C(=O)Oc2ccc(C)cc2)cc1. The summed E-state index contributed by atoms with van der Waals surface area (Å²) in [7, 11) is 0. The van der Waals surface area contributed by atoms with Crippen molar-refractivity contribution in [3.8, 4) is 5.75 Å². The zero-order valence-electron chi connectivity index (χ0n) is 13.4. The first-order valence-electron chi connectivity index (χ1n) is 7.66. The molecule has 0 aromatic heterocycles. The number of rotatable bonds is 6. The van der Waals surface area contributed by atoms with Crippen molar-refractivity contribution in [3.05, 3.63) is 65.2 Å². The summed E-state index contributed by atoms with van der Waals surface area (Å²) in [6.45, 7) is 4.40. The number of carbonyl (C=O) groups excluding carboxylic acids is 2. The maximum absolute atomic E-state index is 12.1. The molecular weight excluding hydrogens is 292 g/mol. The van der Waals surface area contributed by atoms with Crippen molar-refractivity contribution in [1.82, 2.24) is 0 Å². The molecule has 120 valence electrons. The minimum Gasteiger partial charge on any atom is -0.462 e. The molecular formula is C19H20O4. The van der Waals surface area contributed by atoms with Gasteiger partial charge in [0.05, 0.1) is 17.7 Å². The number of benzene rings is 2. The Hall–Kier alpha value is -2.62. The van der Waals surface area contributed by atoms with Crippen molar-refractivity contribution in [1.29, 1.82) is 0 Å². The van der Waals surface area contributed by atoms with Gasteiger partial charge in [0, 0.05) is 0 Å². The van der Waals surface area contributed by atoms with Gasteiger partial charge >= 0.3 is 11.9 Å². The largest absolute Gasteiger partial charge is 0.462 e. The molecule has 0 aliphatic carbocycles. The Balaban J connectivity index is 1.97. The molecule has 0 saturated heterocycles. The van der Waals surface area contributed by atoms with Crippen LogP contribution in [0.5, 0.6) is 5.75 Å². The molecule has 0 unspecified atom stereocenters. The van der Waals surface area contributed by atoms with E-state index in [0.29, 0.717) is 23.5 Å². The predicted molar refractivity (Wildman–Crippen MR) is 87.8 cm³/mol. The second-order valence-corrected chi connectivity index (χ2v) is 5.27. The maximum Gasteiger partial charge on any atom is 0.343 e. The van der Waals surface area contributed by atoms with Gasteiger partial charge in [-0.1, -0.05) is 31.0 Å². The van der Waals surface area contributed by atoms with E-state index in [4.69, 9.17) is 9.47 Å². The third-order valence-electron chi connectivity index (χ3n) is 3.32. The Morgan fingerprint density at radius 3 is 2.00 bits per heavy atom.